The summed E-state index contributed by atoms with van der Waals surface area (Å²) >= 11 is 0. The number of rotatable bonds is 7. The lowest BCUT2D eigenvalue weighted by Gasteiger charge is -2.43. The van der Waals surface area contributed by atoms with Crippen molar-refractivity contribution in [2.45, 2.75) is 77.7 Å². The first kappa shape index (κ1) is 19.2. The molecule has 2 aliphatic rings. The normalized spacial score (nSPS) is 25.2. The minimum absolute atomic E-state index is 0.00265. The maximum atomic E-state index is 12.5. The Morgan fingerprint density at radius 2 is 1.92 bits per heavy atom. The van der Waals surface area contributed by atoms with Crippen LogP contribution in [0.3, 0.4) is 0 Å². The van der Waals surface area contributed by atoms with Crippen molar-refractivity contribution >= 4 is 11.8 Å². The smallest absolute Gasteiger partial charge is 0.223 e. The Hall–Kier alpha value is -1.10. The van der Waals surface area contributed by atoms with E-state index in [1.54, 1.807) is 0 Å². The molecule has 0 bridgehead atoms. The van der Waals surface area contributed by atoms with Crippen molar-refractivity contribution in [3.05, 3.63) is 0 Å². The standard InChI is InChI=1S/C19H34N2O3/c1-15(2)12-19(14-22)10-5-11-21(13-19)18(24)9-8-17(23)20-16-6-3-4-7-16/h15-16,22H,3-14H2,1-2H3,(H,20,23)/t19-/m1/s1. The quantitative estimate of drug-likeness (QED) is 0.749. The molecule has 1 aliphatic carbocycles. The first-order chi connectivity index (χ1) is 11.4. The van der Waals surface area contributed by atoms with Gasteiger partial charge in [0.05, 0.1) is 6.61 Å². The summed E-state index contributed by atoms with van der Waals surface area (Å²) in [5.74, 6) is 0.560. The van der Waals surface area contributed by atoms with Gasteiger partial charge in [-0.25, -0.2) is 0 Å². The molecule has 5 nitrogen and oxygen atoms in total. The number of likely N-dealkylation sites (tertiary alicyclic amines) is 1. The van der Waals surface area contributed by atoms with E-state index in [1.807, 2.05) is 4.90 Å². The van der Waals surface area contributed by atoms with Crippen molar-refractivity contribution in [2.75, 3.05) is 19.7 Å². The molecule has 1 saturated heterocycles. The summed E-state index contributed by atoms with van der Waals surface area (Å²) in [4.78, 5) is 26.4. The van der Waals surface area contributed by atoms with E-state index >= 15 is 0 Å². The average Bonchev–Trinajstić information content (AvgIpc) is 3.05. The summed E-state index contributed by atoms with van der Waals surface area (Å²) < 4.78 is 0. The molecular weight excluding hydrogens is 304 g/mol. The van der Waals surface area contributed by atoms with E-state index in [2.05, 4.69) is 19.2 Å². The van der Waals surface area contributed by atoms with Gasteiger partial charge in [0.1, 0.15) is 0 Å². The molecule has 1 saturated carbocycles. The Labute approximate surface area is 146 Å². The fourth-order valence-corrected chi connectivity index (χ4v) is 4.40. The van der Waals surface area contributed by atoms with E-state index in [0.29, 0.717) is 18.5 Å². The third-order valence-corrected chi connectivity index (χ3v) is 5.48. The molecule has 2 N–H and O–H groups in total. The Bertz CT molecular complexity index is 432. The Kier molecular flexibility index (Phi) is 7.08. The molecule has 0 aromatic heterocycles. The molecule has 0 spiro atoms. The molecule has 1 atom stereocenters. The summed E-state index contributed by atoms with van der Waals surface area (Å²) in [6.07, 6.45) is 7.94. The molecule has 0 aromatic rings. The summed E-state index contributed by atoms with van der Waals surface area (Å²) in [5, 5.41) is 12.9. The second-order valence-electron chi connectivity index (χ2n) is 8.22. The number of aliphatic hydroxyl groups is 1. The number of aliphatic hydroxyl groups excluding tert-OH is 1. The van der Waals surface area contributed by atoms with E-state index in [0.717, 1.165) is 38.6 Å². The number of piperidine rings is 1. The molecule has 1 heterocycles. The number of nitrogens with zero attached hydrogens (tertiary/aromatic N) is 1. The topological polar surface area (TPSA) is 69.6 Å². The highest BCUT2D eigenvalue weighted by Crippen LogP contribution is 2.36. The second-order valence-corrected chi connectivity index (χ2v) is 8.22. The predicted molar refractivity (Wildman–Crippen MR) is 94.4 cm³/mol. The SMILES string of the molecule is CC(C)C[C@]1(CO)CCCN(C(=O)CCC(=O)NC2CCCC2)C1. The van der Waals surface area contributed by atoms with Gasteiger partial charge in [-0.05, 0) is 38.0 Å². The monoisotopic (exact) mass is 338 g/mol. The molecule has 2 fully saturated rings. The molecule has 138 valence electrons. The molecule has 0 aromatic carbocycles. The van der Waals surface area contributed by atoms with Crippen molar-refractivity contribution in [1.82, 2.24) is 10.2 Å². The molecule has 2 amide bonds. The van der Waals surface area contributed by atoms with Gasteiger partial charge >= 0.3 is 0 Å². The molecule has 24 heavy (non-hydrogen) atoms. The number of nitrogens with one attached hydrogen (secondary N) is 1. The van der Waals surface area contributed by atoms with E-state index in [-0.39, 0.29) is 36.7 Å². The van der Waals surface area contributed by atoms with Gasteiger partial charge in [0.15, 0.2) is 0 Å². The highest BCUT2D eigenvalue weighted by atomic mass is 16.3. The molecular formula is C19H34N2O3. The third kappa shape index (κ3) is 5.47. The highest BCUT2D eigenvalue weighted by Gasteiger charge is 2.37. The fourth-order valence-electron chi connectivity index (χ4n) is 4.40. The van der Waals surface area contributed by atoms with Gasteiger partial charge in [0.2, 0.25) is 11.8 Å². The van der Waals surface area contributed by atoms with Crippen LogP contribution in [0.5, 0.6) is 0 Å². The zero-order valence-corrected chi connectivity index (χ0v) is 15.4. The van der Waals surface area contributed by atoms with Crippen LogP contribution in [0.4, 0.5) is 0 Å². The lowest BCUT2D eigenvalue weighted by atomic mass is 9.74. The van der Waals surface area contributed by atoms with Crippen LogP contribution >= 0.6 is 0 Å². The largest absolute Gasteiger partial charge is 0.396 e. The van der Waals surface area contributed by atoms with E-state index in [1.165, 1.54) is 12.8 Å². The van der Waals surface area contributed by atoms with Crippen molar-refractivity contribution < 1.29 is 14.7 Å². The fraction of sp³-hybridized carbons (Fsp3) is 0.895. The lowest BCUT2D eigenvalue weighted by Crippen LogP contribution is -2.48. The Morgan fingerprint density at radius 1 is 1.21 bits per heavy atom. The average molecular weight is 338 g/mol. The Balaban J connectivity index is 1.79. The first-order valence-corrected chi connectivity index (χ1v) is 9.62. The molecule has 2 rings (SSSR count). The zero-order valence-electron chi connectivity index (χ0n) is 15.4. The predicted octanol–water partition coefficient (Wildman–Crippen LogP) is 2.47. The van der Waals surface area contributed by atoms with Gasteiger partial charge in [0.25, 0.3) is 0 Å². The maximum Gasteiger partial charge on any atom is 0.223 e. The van der Waals surface area contributed by atoms with Crippen molar-refractivity contribution in [3.8, 4) is 0 Å². The molecule has 5 heteroatoms. The van der Waals surface area contributed by atoms with Crippen LogP contribution < -0.4 is 5.32 Å². The summed E-state index contributed by atoms with van der Waals surface area (Å²) in [5.41, 5.74) is -0.159. The summed E-state index contributed by atoms with van der Waals surface area (Å²) in [7, 11) is 0. The van der Waals surface area contributed by atoms with Gasteiger partial charge in [-0.1, -0.05) is 26.7 Å². The number of carbonyl (C=O) groups excluding carboxylic acids is 2. The van der Waals surface area contributed by atoms with E-state index in [4.69, 9.17) is 0 Å². The highest BCUT2D eigenvalue weighted by molar-refractivity contribution is 5.84. The van der Waals surface area contributed by atoms with Crippen LogP contribution in [0.15, 0.2) is 0 Å². The van der Waals surface area contributed by atoms with Gasteiger partial charge in [-0.2, -0.15) is 0 Å². The van der Waals surface area contributed by atoms with Crippen LogP contribution in [0.1, 0.15) is 71.6 Å². The van der Waals surface area contributed by atoms with Crippen LogP contribution in [-0.4, -0.2) is 47.6 Å². The van der Waals surface area contributed by atoms with Crippen molar-refractivity contribution in [1.29, 1.82) is 0 Å². The number of hydrogen-bond donors (Lipinski definition) is 2. The molecule has 1 aliphatic heterocycles. The Morgan fingerprint density at radius 3 is 2.54 bits per heavy atom. The minimum Gasteiger partial charge on any atom is -0.396 e. The summed E-state index contributed by atoms with van der Waals surface area (Å²) in [6, 6.07) is 0.315. The maximum absolute atomic E-state index is 12.5. The zero-order chi connectivity index (χ0) is 17.6. The third-order valence-electron chi connectivity index (χ3n) is 5.48. The van der Waals surface area contributed by atoms with Crippen LogP contribution in [-0.2, 0) is 9.59 Å². The molecule has 0 radical (unpaired) electrons. The lowest BCUT2D eigenvalue weighted by molar-refractivity contribution is -0.137. The van der Waals surface area contributed by atoms with Crippen LogP contribution in [0.2, 0.25) is 0 Å². The van der Waals surface area contributed by atoms with Gasteiger partial charge < -0.3 is 15.3 Å². The van der Waals surface area contributed by atoms with Crippen molar-refractivity contribution in [3.63, 3.8) is 0 Å². The van der Waals surface area contributed by atoms with Gasteiger partial charge in [-0.3, -0.25) is 9.59 Å². The number of hydrogen-bond acceptors (Lipinski definition) is 3. The van der Waals surface area contributed by atoms with E-state index < -0.39 is 0 Å². The molecule has 0 unspecified atom stereocenters. The van der Waals surface area contributed by atoms with Crippen molar-refractivity contribution in [2.24, 2.45) is 11.3 Å². The minimum atomic E-state index is -0.159. The van der Waals surface area contributed by atoms with Gasteiger partial charge in [-0.15, -0.1) is 0 Å². The first-order valence-electron chi connectivity index (χ1n) is 9.62. The number of amides is 2. The van der Waals surface area contributed by atoms with E-state index in [9.17, 15) is 14.7 Å². The summed E-state index contributed by atoms with van der Waals surface area (Å²) in [6.45, 7) is 5.84. The number of carbonyl (C=O) groups is 2. The van der Waals surface area contributed by atoms with Crippen LogP contribution in [0.25, 0.3) is 0 Å². The van der Waals surface area contributed by atoms with Gasteiger partial charge in [0, 0.05) is 37.4 Å². The van der Waals surface area contributed by atoms with Crippen LogP contribution in [0, 0.1) is 11.3 Å². The second kappa shape index (κ2) is 8.84.